The van der Waals surface area contributed by atoms with Crippen molar-refractivity contribution in [1.82, 2.24) is 19.4 Å². The maximum Gasteiger partial charge on any atom is 0.473 e. The average Bonchev–Trinajstić information content (AvgIpc) is 3.44. The first-order valence-electron chi connectivity index (χ1n) is 17.1. The molecule has 0 radical (unpaired) electrons. The molecule has 0 aliphatic heterocycles. The Morgan fingerprint density at radius 1 is 0.741 bits per heavy atom. The van der Waals surface area contributed by atoms with Gasteiger partial charge in [-0.2, -0.15) is 18.2 Å². The van der Waals surface area contributed by atoms with Gasteiger partial charge in [-0.25, -0.2) is 9.59 Å². The molecule has 0 fully saturated rings. The summed E-state index contributed by atoms with van der Waals surface area (Å²) in [6, 6.07) is 13.0. The third kappa shape index (κ3) is 14.1. The monoisotopic (exact) mass is 759 g/mol. The highest BCUT2D eigenvalue weighted by Gasteiger charge is 2.38. The molecule has 0 atom stereocenters. The van der Waals surface area contributed by atoms with Crippen LogP contribution in [-0.4, -0.2) is 81.4 Å². The number of nitrogens with one attached hydrogen (secondary N) is 3. The number of nitrogens with zero attached hydrogens (tertiary/aromatic N) is 4. The summed E-state index contributed by atoms with van der Waals surface area (Å²) in [6.07, 6.45) is -2.00. The molecule has 3 rings (SSSR count). The summed E-state index contributed by atoms with van der Waals surface area (Å²) in [5, 5.41) is 18.8. The summed E-state index contributed by atoms with van der Waals surface area (Å²) >= 11 is 0. The Morgan fingerprint density at radius 3 is 1.72 bits per heavy atom. The molecule has 0 spiro atoms. The van der Waals surface area contributed by atoms with Gasteiger partial charge in [-0.3, -0.25) is 25.8 Å². The maximum absolute atomic E-state index is 13.1. The molecule has 294 valence electrons. The van der Waals surface area contributed by atoms with E-state index in [1.165, 1.54) is 16.2 Å². The van der Waals surface area contributed by atoms with Gasteiger partial charge in [-0.15, -0.1) is 0 Å². The Balaban J connectivity index is 1.52. The van der Waals surface area contributed by atoms with Crippen molar-refractivity contribution in [1.29, 1.82) is 10.8 Å². The van der Waals surface area contributed by atoms with E-state index in [0.29, 0.717) is 48.5 Å². The third-order valence-electron chi connectivity index (χ3n) is 7.16. The van der Waals surface area contributed by atoms with Crippen molar-refractivity contribution >= 4 is 29.8 Å². The second-order valence-electron chi connectivity index (χ2n) is 14.1. The molecule has 1 heterocycles. The lowest BCUT2D eigenvalue weighted by Crippen LogP contribution is -2.38. The Hall–Kier alpha value is -5.61. The van der Waals surface area contributed by atoms with Crippen LogP contribution in [0.4, 0.5) is 22.8 Å². The second-order valence-corrected chi connectivity index (χ2v) is 14.1. The number of amides is 3. The van der Waals surface area contributed by atoms with E-state index >= 15 is 0 Å². The lowest BCUT2D eigenvalue weighted by Gasteiger charge is -2.25. The van der Waals surface area contributed by atoms with Crippen molar-refractivity contribution in [2.24, 2.45) is 4.99 Å². The normalized spacial score (nSPS) is 12.1. The minimum Gasteiger partial charge on any atom is -0.494 e. The van der Waals surface area contributed by atoms with Gasteiger partial charge in [0.05, 0.1) is 13.2 Å². The maximum atomic E-state index is 13.1. The number of benzene rings is 2. The van der Waals surface area contributed by atoms with E-state index in [1.807, 2.05) is 0 Å². The number of unbranched alkanes of at least 4 members (excludes halogenated alkanes) is 1. The number of alkyl carbamates (subject to hydrolysis) is 1. The molecule has 0 aliphatic carbocycles. The molecule has 3 aromatic rings. The average molecular weight is 760 g/mol. The molecule has 2 aromatic carbocycles. The van der Waals surface area contributed by atoms with Crippen molar-refractivity contribution in [3.8, 4) is 11.5 Å². The first-order chi connectivity index (χ1) is 25.1. The second kappa shape index (κ2) is 18.4. The van der Waals surface area contributed by atoms with Crippen LogP contribution in [0.5, 0.6) is 11.5 Å². The predicted octanol–water partition coefficient (Wildman–Crippen LogP) is 6.65. The highest BCUT2D eigenvalue weighted by molar-refractivity contribution is 6.05. The first kappa shape index (κ1) is 42.8. The van der Waals surface area contributed by atoms with Gasteiger partial charge in [-0.05, 0) is 109 Å². The highest BCUT2D eigenvalue weighted by Crippen LogP contribution is 2.18. The molecular formula is C37H48F3N7O7. The molecule has 3 N–H and O–H groups in total. The van der Waals surface area contributed by atoms with Gasteiger partial charge in [-0.1, -0.05) is 0 Å². The van der Waals surface area contributed by atoms with E-state index in [-0.39, 0.29) is 37.0 Å². The zero-order valence-corrected chi connectivity index (χ0v) is 31.5. The summed E-state index contributed by atoms with van der Waals surface area (Å²) in [5.74, 6) is -1.39. The number of rotatable bonds is 13. The number of alkyl halides is 3. The van der Waals surface area contributed by atoms with Gasteiger partial charge in [0.1, 0.15) is 34.4 Å². The zero-order valence-electron chi connectivity index (χ0n) is 31.5. The molecule has 17 heteroatoms. The number of hydrogen-bond acceptors (Lipinski definition) is 9. The lowest BCUT2D eigenvalue weighted by atomic mass is 10.2. The number of amidine groups is 2. The van der Waals surface area contributed by atoms with Crippen LogP contribution in [0.1, 0.15) is 71.9 Å². The molecule has 0 bridgehead atoms. The Bertz CT molecular complexity index is 1840. The van der Waals surface area contributed by atoms with E-state index in [9.17, 15) is 27.6 Å². The topological polar surface area (TPSA) is 173 Å². The van der Waals surface area contributed by atoms with Crippen LogP contribution >= 0.6 is 0 Å². The van der Waals surface area contributed by atoms with E-state index in [0.717, 1.165) is 4.90 Å². The van der Waals surface area contributed by atoms with Crippen LogP contribution in [0.3, 0.4) is 0 Å². The quantitative estimate of drug-likeness (QED) is 0.0994. The van der Waals surface area contributed by atoms with Gasteiger partial charge >= 0.3 is 24.3 Å². The number of imidazole rings is 1. The largest absolute Gasteiger partial charge is 0.494 e. The van der Waals surface area contributed by atoms with Crippen LogP contribution in [0.15, 0.2) is 65.9 Å². The minimum absolute atomic E-state index is 0.0437. The third-order valence-corrected chi connectivity index (χ3v) is 7.16. The van der Waals surface area contributed by atoms with Gasteiger partial charge in [0.25, 0.3) is 0 Å². The fourth-order valence-corrected chi connectivity index (χ4v) is 4.61. The van der Waals surface area contributed by atoms with Gasteiger partial charge < -0.3 is 28.1 Å². The summed E-state index contributed by atoms with van der Waals surface area (Å²) < 4.78 is 64.4. The van der Waals surface area contributed by atoms with Crippen molar-refractivity contribution in [3.63, 3.8) is 0 Å². The standard InChI is InChI=1S/C37H48F3N7O7/c1-35(2,3)53-33(49)43-29(41)25-11-15-27(16-12-25)52-24-10-20-47-22-21-46(32(47)44-31(48)37(38,39)40)19-8-9-23-51-28-17-13-26(14-18-28)30(42)45(7)34(50)54-36(4,5)6/h11-18,21-22,42H,8-10,19-20,23-24H2,1-7H3,(H2,41,43,49). The van der Waals surface area contributed by atoms with E-state index < -0.39 is 35.5 Å². The number of ether oxygens (including phenoxy) is 4. The van der Waals surface area contributed by atoms with Crippen LogP contribution in [0, 0.1) is 10.8 Å². The minimum atomic E-state index is -5.13. The van der Waals surface area contributed by atoms with Crippen molar-refractivity contribution in [2.75, 3.05) is 20.3 Å². The Kier molecular flexibility index (Phi) is 14.6. The van der Waals surface area contributed by atoms with Crippen LogP contribution in [-0.2, 0) is 27.4 Å². The Labute approximate surface area is 311 Å². The number of aryl methyl sites for hydroxylation is 2. The van der Waals surface area contributed by atoms with Gasteiger partial charge in [0.2, 0.25) is 5.62 Å². The molecule has 0 unspecified atom stereocenters. The van der Waals surface area contributed by atoms with E-state index in [4.69, 9.17) is 29.8 Å². The first-order valence-corrected chi connectivity index (χ1v) is 17.1. The molecule has 0 saturated heterocycles. The fraction of sp³-hybridized carbons (Fsp3) is 0.459. The van der Waals surface area contributed by atoms with Crippen LogP contribution < -0.4 is 20.4 Å². The van der Waals surface area contributed by atoms with Crippen molar-refractivity contribution in [2.45, 2.75) is 91.3 Å². The lowest BCUT2D eigenvalue weighted by molar-refractivity contribution is -0.169. The SMILES string of the molecule is CN(C(=N)c1ccc(OCCCCn2ccn(CCCOc3ccc(C(=N)NC(=O)OC(C)(C)C)cc3)c2=NC(=O)C(F)(F)F)cc1)C(=O)OC(C)(C)C. The van der Waals surface area contributed by atoms with E-state index in [1.54, 1.807) is 102 Å². The predicted molar refractivity (Wildman–Crippen MR) is 194 cm³/mol. The molecule has 54 heavy (non-hydrogen) atoms. The van der Waals surface area contributed by atoms with E-state index in [2.05, 4.69) is 10.3 Å². The van der Waals surface area contributed by atoms with Crippen molar-refractivity contribution < 1.29 is 46.5 Å². The Morgan fingerprint density at radius 2 is 1.22 bits per heavy atom. The highest BCUT2D eigenvalue weighted by atomic mass is 19.4. The summed E-state index contributed by atoms with van der Waals surface area (Å²) in [5.41, 5.74) is -0.647. The number of halogens is 3. The smallest absolute Gasteiger partial charge is 0.473 e. The number of aromatic nitrogens is 2. The van der Waals surface area contributed by atoms with Crippen molar-refractivity contribution in [3.05, 3.63) is 77.7 Å². The van der Waals surface area contributed by atoms with Gasteiger partial charge in [0.15, 0.2) is 0 Å². The molecule has 3 amide bonds. The van der Waals surface area contributed by atoms with Crippen LogP contribution in [0.2, 0.25) is 0 Å². The number of hydrogen-bond donors (Lipinski definition) is 3. The molecular weight excluding hydrogens is 711 g/mol. The fourth-order valence-electron chi connectivity index (χ4n) is 4.61. The molecule has 0 saturated carbocycles. The molecule has 0 aliphatic rings. The summed E-state index contributed by atoms with van der Waals surface area (Å²) in [6.45, 7) is 11.3. The molecule has 1 aromatic heterocycles. The number of carbonyl (C=O) groups excluding carboxylic acids is 3. The summed E-state index contributed by atoms with van der Waals surface area (Å²) in [4.78, 5) is 40.5. The molecule has 14 nitrogen and oxygen atoms in total. The number of carbonyl (C=O) groups is 3. The zero-order chi connectivity index (χ0) is 40.3. The van der Waals surface area contributed by atoms with Crippen LogP contribution in [0.25, 0.3) is 0 Å². The van der Waals surface area contributed by atoms with Gasteiger partial charge in [0, 0.05) is 43.7 Å². The summed E-state index contributed by atoms with van der Waals surface area (Å²) in [7, 11) is 1.45.